The van der Waals surface area contributed by atoms with Crippen molar-refractivity contribution in [1.82, 2.24) is 9.88 Å². The number of phenolic OH excluding ortho intramolecular Hbond substituents is 1. The first-order chi connectivity index (χ1) is 25.7. The smallest absolute Gasteiger partial charge is 0.419 e. The number of ether oxygens (including phenoxy) is 1. The number of unbranched alkanes of at least 4 members (excludes halogenated alkanes) is 1. The number of benzene rings is 4. The van der Waals surface area contributed by atoms with Crippen LogP contribution < -0.4 is 26.4 Å². The maximum atomic E-state index is 12.9. The number of nitrogens with one attached hydrogen (secondary N) is 3. The Bertz CT molecular complexity index is 2210. The topological polar surface area (TPSA) is 164 Å². The van der Waals surface area contributed by atoms with E-state index in [1.54, 1.807) is 16.7 Å². The summed E-state index contributed by atoms with van der Waals surface area (Å²) in [5, 5.41) is 28.6. The minimum absolute atomic E-state index is 0.0653. The molecule has 0 spiro atoms. The summed E-state index contributed by atoms with van der Waals surface area (Å²) in [5.74, 6) is -0.407. The van der Waals surface area contributed by atoms with Gasteiger partial charge in [0.25, 0.3) is 5.91 Å². The van der Waals surface area contributed by atoms with Crippen LogP contribution >= 0.6 is 0 Å². The van der Waals surface area contributed by atoms with Crippen molar-refractivity contribution < 1.29 is 33.4 Å². The summed E-state index contributed by atoms with van der Waals surface area (Å²) in [6.45, 7) is 12.1. The second-order valence-electron chi connectivity index (χ2n) is 15.2. The van der Waals surface area contributed by atoms with Crippen LogP contribution in [0.4, 0.5) is 16.2 Å². The van der Waals surface area contributed by atoms with Gasteiger partial charge in [-0.05, 0) is 84.4 Å². The molecule has 0 bridgehead atoms. The molecule has 5 aromatic rings. The molecule has 284 valence electrons. The molecule has 1 aromatic heterocycles. The Morgan fingerprint density at radius 1 is 1.00 bits per heavy atom. The maximum absolute atomic E-state index is 12.9. The molecule has 5 N–H and O–H groups in total. The van der Waals surface area contributed by atoms with Crippen molar-refractivity contribution in [2.24, 2.45) is 0 Å². The zero-order chi connectivity index (χ0) is 38.6. The number of carbonyl (C=O) groups is 2. The fourth-order valence-corrected chi connectivity index (χ4v) is 7.67. The highest BCUT2D eigenvalue weighted by atomic mass is 28.4. The zero-order valence-corrected chi connectivity index (χ0v) is 32.3. The monoisotopic (exact) mass is 752 g/mol. The number of aromatic nitrogens is 1. The summed E-state index contributed by atoms with van der Waals surface area (Å²) in [4.78, 5) is 36.5. The molecule has 1 aliphatic heterocycles. The lowest BCUT2D eigenvalue weighted by atomic mass is 9.99. The number of carbonyl (C=O) groups excluding carboxylic acids is 1. The van der Waals surface area contributed by atoms with Crippen LogP contribution in [0.2, 0.25) is 18.1 Å². The first-order valence-electron chi connectivity index (χ1n) is 18.2. The predicted octanol–water partition coefficient (Wildman–Crippen LogP) is 8.26. The van der Waals surface area contributed by atoms with Crippen LogP contribution in [-0.4, -0.2) is 48.2 Å². The van der Waals surface area contributed by atoms with E-state index in [1.807, 2.05) is 66.7 Å². The molecule has 1 aliphatic rings. The van der Waals surface area contributed by atoms with Crippen LogP contribution in [0.15, 0.2) is 88.1 Å². The van der Waals surface area contributed by atoms with Crippen LogP contribution in [0.1, 0.15) is 56.4 Å². The number of rotatable bonds is 14. The van der Waals surface area contributed by atoms with Gasteiger partial charge in [0.1, 0.15) is 11.4 Å². The standard InChI is InChI=1S/C41H48N4O8Si/c1-41(2,3)54(4,5)53-35(30-17-19-33(46)37-38(30)51-25-36(47)44-37)24-42-23-27-15-18-32-34(22-27)52-40(50)45(32)20-10-9-11-26-14-16-29(28-12-7-6-8-13-28)31(21-26)43-39(48)49/h6-8,12-19,21-22,35,42-43,46H,9-11,20,23-25H2,1-5H3,(H,44,47)(H,48,49)/t35-/m1/s1. The average Bonchev–Trinajstić information content (AvgIpc) is 3.43. The quantitative estimate of drug-likeness (QED) is 0.0427. The number of phenols is 1. The molecular weight excluding hydrogens is 705 g/mol. The van der Waals surface area contributed by atoms with E-state index < -0.39 is 26.3 Å². The van der Waals surface area contributed by atoms with Crippen molar-refractivity contribution in [3.63, 3.8) is 0 Å². The number of hydrogen-bond acceptors (Lipinski definition) is 8. The van der Waals surface area contributed by atoms with E-state index in [0.29, 0.717) is 36.7 Å². The van der Waals surface area contributed by atoms with Crippen LogP contribution in [-0.2, 0) is 28.7 Å². The van der Waals surface area contributed by atoms with Gasteiger partial charge in [-0.25, -0.2) is 9.59 Å². The third-order valence-corrected chi connectivity index (χ3v) is 14.8. The lowest BCUT2D eigenvalue weighted by Crippen LogP contribution is -2.43. The van der Waals surface area contributed by atoms with Gasteiger partial charge in [0.2, 0.25) is 0 Å². The normalized spacial score (nSPS) is 13.6. The van der Waals surface area contributed by atoms with Gasteiger partial charge in [0.15, 0.2) is 26.3 Å². The summed E-state index contributed by atoms with van der Waals surface area (Å²) in [7, 11) is -2.27. The summed E-state index contributed by atoms with van der Waals surface area (Å²) in [6, 6.07) is 24.5. The van der Waals surface area contributed by atoms with E-state index in [2.05, 4.69) is 49.8 Å². The maximum Gasteiger partial charge on any atom is 0.419 e. The van der Waals surface area contributed by atoms with E-state index in [9.17, 15) is 24.6 Å². The predicted molar refractivity (Wildman–Crippen MR) is 212 cm³/mol. The minimum atomic E-state index is -2.27. The first-order valence-corrected chi connectivity index (χ1v) is 21.1. The van der Waals surface area contributed by atoms with Crippen LogP contribution in [0.3, 0.4) is 0 Å². The molecule has 13 heteroatoms. The van der Waals surface area contributed by atoms with Crippen LogP contribution in [0, 0.1) is 0 Å². The lowest BCUT2D eigenvalue weighted by molar-refractivity contribution is -0.118. The van der Waals surface area contributed by atoms with E-state index in [1.165, 1.54) is 0 Å². The van der Waals surface area contributed by atoms with Gasteiger partial charge in [-0.2, -0.15) is 0 Å². The van der Waals surface area contributed by atoms with Crippen LogP contribution in [0.25, 0.3) is 22.2 Å². The Balaban J connectivity index is 1.10. The molecule has 0 saturated carbocycles. The van der Waals surface area contributed by atoms with Crippen molar-refractivity contribution in [3.8, 4) is 22.6 Å². The molecule has 1 atom stereocenters. The molecule has 0 fully saturated rings. The van der Waals surface area contributed by atoms with E-state index in [4.69, 9.17) is 13.6 Å². The number of fused-ring (bicyclic) bond motifs is 2. The SMILES string of the molecule is CC(C)(C)[Si](C)(C)O[C@H](CNCc1ccc2c(c1)oc(=O)n2CCCCc1ccc(-c2ccccc2)c(NC(=O)O)c1)c1ccc(O)c2c1OCC(=O)N2. The molecule has 12 nitrogen and oxygen atoms in total. The number of anilines is 2. The number of amides is 2. The summed E-state index contributed by atoms with van der Waals surface area (Å²) < 4.78 is 20.0. The second kappa shape index (κ2) is 15.9. The first kappa shape index (κ1) is 38.4. The molecule has 0 saturated heterocycles. The molecule has 6 rings (SSSR count). The lowest BCUT2D eigenvalue weighted by Gasteiger charge is -2.40. The molecular formula is C41H48N4O8Si. The molecule has 54 heavy (non-hydrogen) atoms. The summed E-state index contributed by atoms with van der Waals surface area (Å²) in [5.41, 5.74) is 6.42. The molecule has 4 aromatic carbocycles. The van der Waals surface area contributed by atoms with Gasteiger partial charge in [0.05, 0.1) is 17.3 Å². The van der Waals surface area contributed by atoms with Gasteiger partial charge in [-0.15, -0.1) is 0 Å². The molecule has 0 radical (unpaired) electrons. The minimum Gasteiger partial charge on any atom is -0.506 e. The van der Waals surface area contributed by atoms with Crippen molar-refractivity contribution in [2.75, 3.05) is 23.8 Å². The summed E-state index contributed by atoms with van der Waals surface area (Å²) >= 11 is 0. The fraction of sp³-hybridized carbons (Fsp3) is 0.341. The van der Waals surface area contributed by atoms with Gasteiger partial charge in [-0.1, -0.05) is 69.3 Å². The Morgan fingerprint density at radius 3 is 2.50 bits per heavy atom. The number of aryl methyl sites for hydroxylation is 2. The highest BCUT2D eigenvalue weighted by Crippen LogP contribution is 2.45. The molecule has 0 unspecified atom stereocenters. The molecule has 2 heterocycles. The molecule has 2 amide bonds. The highest BCUT2D eigenvalue weighted by Gasteiger charge is 2.40. The number of carboxylic acid groups (broad SMARTS) is 1. The largest absolute Gasteiger partial charge is 0.506 e. The third-order valence-electron chi connectivity index (χ3n) is 10.3. The van der Waals surface area contributed by atoms with Gasteiger partial charge < -0.3 is 34.4 Å². The Morgan fingerprint density at radius 2 is 1.76 bits per heavy atom. The van der Waals surface area contributed by atoms with E-state index in [-0.39, 0.29) is 29.0 Å². The number of nitrogens with zero attached hydrogens (tertiary/aromatic N) is 1. The Kier molecular flexibility index (Phi) is 11.3. The third kappa shape index (κ3) is 8.70. The van der Waals surface area contributed by atoms with E-state index >= 15 is 0 Å². The average molecular weight is 753 g/mol. The van der Waals surface area contributed by atoms with Gasteiger partial charge >= 0.3 is 11.8 Å². The van der Waals surface area contributed by atoms with Crippen molar-refractivity contribution >= 4 is 42.8 Å². The van der Waals surface area contributed by atoms with Crippen molar-refractivity contribution in [3.05, 3.63) is 106 Å². The number of hydrogen-bond donors (Lipinski definition) is 5. The van der Waals surface area contributed by atoms with Gasteiger partial charge in [0, 0.05) is 30.8 Å². The Labute approximate surface area is 315 Å². The molecule has 0 aliphatic carbocycles. The van der Waals surface area contributed by atoms with Crippen molar-refractivity contribution in [2.45, 2.75) is 77.4 Å². The fourth-order valence-electron chi connectivity index (χ4n) is 6.39. The highest BCUT2D eigenvalue weighted by molar-refractivity contribution is 6.74. The number of aromatic hydroxyl groups is 1. The number of oxazole rings is 1. The summed E-state index contributed by atoms with van der Waals surface area (Å²) in [6.07, 6.45) is 0.688. The second-order valence-corrected chi connectivity index (χ2v) is 19.9. The zero-order valence-electron chi connectivity index (χ0n) is 31.3. The Hall–Kier alpha value is -5.37. The van der Waals surface area contributed by atoms with Crippen molar-refractivity contribution in [1.29, 1.82) is 0 Å². The van der Waals surface area contributed by atoms with Gasteiger partial charge in [-0.3, -0.25) is 14.7 Å². The van der Waals surface area contributed by atoms with E-state index in [0.717, 1.165) is 52.6 Å². The van der Waals surface area contributed by atoms with Crippen LogP contribution in [0.5, 0.6) is 11.5 Å².